The molecule has 0 radical (unpaired) electrons. The molecule has 0 aliphatic carbocycles. The van der Waals surface area contributed by atoms with Gasteiger partial charge in [0.1, 0.15) is 0 Å². The minimum Gasteiger partial charge on any atom is -0.246 e. The first-order valence-electron chi connectivity index (χ1n) is 5.12. The van der Waals surface area contributed by atoms with E-state index in [0.29, 0.717) is 0 Å². The van der Waals surface area contributed by atoms with Gasteiger partial charge in [-0.2, -0.15) is 0 Å². The molecule has 2 heteroatoms. The van der Waals surface area contributed by atoms with Crippen LogP contribution in [0.15, 0.2) is 23.6 Å². The average Bonchev–Trinajstić information content (AvgIpc) is 2.58. The maximum Gasteiger partial charge on any atom is 0.0972 e. The van der Waals surface area contributed by atoms with Crippen molar-refractivity contribution in [3.63, 3.8) is 0 Å². The van der Waals surface area contributed by atoms with Crippen molar-refractivity contribution < 1.29 is 0 Å². The Hall–Kier alpha value is -1.15. The second kappa shape index (κ2) is 4.15. The van der Waals surface area contributed by atoms with Crippen molar-refractivity contribution in [3.8, 4) is 0 Å². The zero-order valence-electron chi connectivity index (χ0n) is 9.37. The van der Waals surface area contributed by atoms with E-state index in [1.807, 2.05) is 6.92 Å². The molecule has 1 nitrogen and oxygen atoms in total. The zero-order chi connectivity index (χ0) is 10.8. The summed E-state index contributed by atoms with van der Waals surface area (Å²) in [4.78, 5) is 4.48. The lowest BCUT2D eigenvalue weighted by Gasteiger charge is -2.03. The molecule has 0 amide bonds. The maximum atomic E-state index is 4.48. The van der Waals surface area contributed by atoms with Gasteiger partial charge in [-0.3, -0.25) is 0 Å². The van der Waals surface area contributed by atoms with Gasteiger partial charge in [0, 0.05) is 17.5 Å². The predicted molar refractivity (Wildman–Crippen MR) is 65.6 cm³/mol. The standard InChI is InChI=1S/C13H15NS/c1-9-4-5-12(6-10(9)2)7-13-14-11(3)8-15-13/h4-6,8H,7H2,1-3H3. The molecule has 1 aromatic heterocycles. The summed E-state index contributed by atoms with van der Waals surface area (Å²) in [7, 11) is 0. The molecule has 1 heterocycles. The Morgan fingerprint density at radius 1 is 1.13 bits per heavy atom. The lowest BCUT2D eigenvalue weighted by Crippen LogP contribution is -1.90. The fourth-order valence-electron chi connectivity index (χ4n) is 1.57. The van der Waals surface area contributed by atoms with Gasteiger partial charge in [0.2, 0.25) is 0 Å². The second-order valence-corrected chi connectivity index (χ2v) is 4.92. The van der Waals surface area contributed by atoms with Gasteiger partial charge in [-0.15, -0.1) is 11.3 Å². The molecule has 0 spiro atoms. The Balaban J connectivity index is 2.21. The highest BCUT2D eigenvalue weighted by atomic mass is 32.1. The lowest BCUT2D eigenvalue weighted by atomic mass is 10.0. The Labute approximate surface area is 94.8 Å². The highest BCUT2D eigenvalue weighted by Crippen LogP contribution is 2.16. The molecular weight excluding hydrogens is 202 g/mol. The number of benzene rings is 1. The lowest BCUT2D eigenvalue weighted by molar-refractivity contribution is 1.09. The third kappa shape index (κ3) is 2.45. The molecule has 0 atom stereocenters. The van der Waals surface area contributed by atoms with Gasteiger partial charge in [0.05, 0.1) is 5.01 Å². The van der Waals surface area contributed by atoms with Crippen molar-refractivity contribution in [1.29, 1.82) is 0 Å². The number of aryl methyl sites for hydroxylation is 3. The fourth-order valence-corrected chi connectivity index (χ4v) is 2.38. The van der Waals surface area contributed by atoms with Crippen LogP contribution in [-0.2, 0) is 6.42 Å². The smallest absolute Gasteiger partial charge is 0.0972 e. The number of rotatable bonds is 2. The van der Waals surface area contributed by atoms with Crippen LogP contribution in [0.4, 0.5) is 0 Å². The number of nitrogens with zero attached hydrogens (tertiary/aromatic N) is 1. The highest BCUT2D eigenvalue weighted by Gasteiger charge is 2.01. The Morgan fingerprint density at radius 2 is 1.93 bits per heavy atom. The third-order valence-corrected chi connectivity index (χ3v) is 3.56. The van der Waals surface area contributed by atoms with Crippen LogP contribution >= 0.6 is 11.3 Å². The molecule has 0 N–H and O–H groups in total. The molecule has 0 saturated carbocycles. The number of thiazole rings is 1. The van der Waals surface area contributed by atoms with E-state index in [1.54, 1.807) is 11.3 Å². The van der Waals surface area contributed by atoms with Crippen LogP contribution in [0.5, 0.6) is 0 Å². The summed E-state index contributed by atoms with van der Waals surface area (Å²) >= 11 is 1.74. The van der Waals surface area contributed by atoms with E-state index in [9.17, 15) is 0 Å². The molecule has 0 aliphatic rings. The Bertz CT molecular complexity index is 471. The van der Waals surface area contributed by atoms with Gasteiger partial charge in [0.15, 0.2) is 0 Å². The first kappa shape index (κ1) is 10.4. The van der Waals surface area contributed by atoms with Crippen LogP contribution in [0.2, 0.25) is 0 Å². The van der Waals surface area contributed by atoms with Crippen LogP contribution in [0.1, 0.15) is 27.4 Å². The second-order valence-electron chi connectivity index (χ2n) is 3.98. The summed E-state index contributed by atoms with van der Waals surface area (Å²) in [5.74, 6) is 0. The summed E-state index contributed by atoms with van der Waals surface area (Å²) < 4.78 is 0. The van der Waals surface area contributed by atoms with Crippen LogP contribution < -0.4 is 0 Å². The van der Waals surface area contributed by atoms with E-state index in [0.717, 1.165) is 12.1 Å². The molecule has 2 rings (SSSR count). The molecule has 78 valence electrons. The quantitative estimate of drug-likeness (QED) is 0.748. The molecule has 0 fully saturated rings. The van der Waals surface area contributed by atoms with E-state index in [1.165, 1.54) is 21.7 Å². The number of aromatic nitrogens is 1. The van der Waals surface area contributed by atoms with E-state index in [4.69, 9.17) is 0 Å². The average molecular weight is 217 g/mol. The molecule has 0 saturated heterocycles. The normalized spacial score (nSPS) is 10.6. The number of hydrogen-bond donors (Lipinski definition) is 0. The monoisotopic (exact) mass is 217 g/mol. The van der Waals surface area contributed by atoms with Gasteiger partial charge in [-0.1, -0.05) is 18.2 Å². The van der Waals surface area contributed by atoms with Gasteiger partial charge in [0.25, 0.3) is 0 Å². The SMILES string of the molecule is Cc1csc(Cc2ccc(C)c(C)c2)n1. The Morgan fingerprint density at radius 3 is 2.53 bits per heavy atom. The van der Waals surface area contributed by atoms with E-state index in [2.05, 4.69) is 42.4 Å². The molecule has 0 unspecified atom stereocenters. The molecular formula is C13H15NS. The van der Waals surface area contributed by atoms with Gasteiger partial charge >= 0.3 is 0 Å². The fraction of sp³-hybridized carbons (Fsp3) is 0.308. The third-order valence-electron chi connectivity index (χ3n) is 2.59. The van der Waals surface area contributed by atoms with E-state index >= 15 is 0 Å². The molecule has 2 aromatic rings. The molecule has 0 bridgehead atoms. The van der Waals surface area contributed by atoms with Gasteiger partial charge in [-0.25, -0.2) is 4.98 Å². The van der Waals surface area contributed by atoms with Gasteiger partial charge < -0.3 is 0 Å². The van der Waals surface area contributed by atoms with Crippen molar-refractivity contribution in [3.05, 3.63) is 51.0 Å². The first-order chi connectivity index (χ1) is 7.15. The van der Waals surface area contributed by atoms with Gasteiger partial charge in [-0.05, 0) is 37.5 Å². The summed E-state index contributed by atoms with van der Waals surface area (Å²) in [5.41, 5.74) is 5.20. The summed E-state index contributed by atoms with van der Waals surface area (Å²) in [6.45, 7) is 6.35. The van der Waals surface area contributed by atoms with Crippen molar-refractivity contribution >= 4 is 11.3 Å². The number of hydrogen-bond acceptors (Lipinski definition) is 2. The first-order valence-corrected chi connectivity index (χ1v) is 6.00. The van der Waals surface area contributed by atoms with Crippen molar-refractivity contribution in [2.24, 2.45) is 0 Å². The highest BCUT2D eigenvalue weighted by molar-refractivity contribution is 7.09. The summed E-state index contributed by atoms with van der Waals surface area (Å²) in [6, 6.07) is 6.64. The Kier molecular flexibility index (Phi) is 2.87. The summed E-state index contributed by atoms with van der Waals surface area (Å²) in [6.07, 6.45) is 0.958. The largest absolute Gasteiger partial charge is 0.246 e. The zero-order valence-corrected chi connectivity index (χ0v) is 10.2. The van der Waals surface area contributed by atoms with Crippen LogP contribution in [0.3, 0.4) is 0 Å². The minimum absolute atomic E-state index is 0.958. The van der Waals surface area contributed by atoms with Crippen LogP contribution in [0, 0.1) is 20.8 Å². The topological polar surface area (TPSA) is 12.9 Å². The van der Waals surface area contributed by atoms with Crippen LogP contribution in [0.25, 0.3) is 0 Å². The predicted octanol–water partition coefficient (Wildman–Crippen LogP) is 3.66. The maximum absolute atomic E-state index is 4.48. The van der Waals surface area contributed by atoms with Crippen molar-refractivity contribution in [1.82, 2.24) is 4.98 Å². The van der Waals surface area contributed by atoms with Crippen molar-refractivity contribution in [2.45, 2.75) is 27.2 Å². The van der Waals surface area contributed by atoms with E-state index < -0.39 is 0 Å². The minimum atomic E-state index is 0.958. The molecule has 15 heavy (non-hydrogen) atoms. The van der Waals surface area contributed by atoms with Crippen molar-refractivity contribution in [2.75, 3.05) is 0 Å². The molecule has 1 aromatic carbocycles. The molecule has 0 aliphatic heterocycles. The van der Waals surface area contributed by atoms with Crippen LogP contribution in [-0.4, -0.2) is 4.98 Å². The summed E-state index contributed by atoms with van der Waals surface area (Å²) in [5, 5.41) is 3.31. The van der Waals surface area contributed by atoms with E-state index in [-0.39, 0.29) is 0 Å².